The second-order valence-corrected chi connectivity index (χ2v) is 11.8. The van der Waals surface area contributed by atoms with Crippen LogP contribution in [0.4, 0.5) is 5.13 Å². The molecule has 3 aliphatic carbocycles. The number of thiazole rings is 1. The molecule has 8 heteroatoms. The second kappa shape index (κ2) is 8.87. The van der Waals surface area contributed by atoms with Crippen LogP contribution in [0.2, 0.25) is 0 Å². The summed E-state index contributed by atoms with van der Waals surface area (Å²) in [7, 11) is 0. The molecule has 0 radical (unpaired) electrons. The Morgan fingerprint density at radius 3 is 2.91 bits per heavy atom. The predicted octanol–water partition coefficient (Wildman–Crippen LogP) is 5.22. The van der Waals surface area contributed by atoms with Gasteiger partial charge in [-0.2, -0.15) is 4.91 Å². The lowest BCUT2D eigenvalue weighted by Gasteiger charge is -2.51. The first-order valence-corrected chi connectivity index (χ1v) is 13.0. The Balaban J connectivity index is 1.42. The van der Waals surface area contributed by atoms with E-state index in [0.29, 0.717) is 29.1 Å². The Morgan fingerprint density at radius 1 is 1.38 bits per heavy atom. The number of rotatable bonds is 6. The summed E-state index contributed by atoms with van der Waals surface area (Å²) in [6.07, 6.45) is 7.11. The number of aromatic hydroxyl groups is 1. The van der Waals surface area contributed by atoms with Crippen LogP contribution in [0.25, 0.3) is 0 Å². The first-order chi connectivity index (χ1) is 16.4. The van der Waals surface area contributed by atoms with E-state index >= 15 is 0 Å². The predicted molar refractivity (Wildman–Crippen MR) is 131 cm³/mol. The number of nitrogens with zero attached hydrogens (tertiary/aromatic N) is 2. The number of carbonyl (C=O) groups excluding carboxylic acids is 2. The lowest BCUT2D eigenvalue weighted by atomic mass is 9.53. The number of hydrogen-bond acceptors (Lipinski definition) is 7. The van der Waals surface area contributed by atoms with Crippen LogP contribution in [0, 0.1) is 40.9 Å². The normalized spacial score (nSPS) is 33.9. The van der Waals surface area contributed by atoms with Crippen LogP contribution in [0.1, 0.15) is 60.9 Å². The Hall–Kier alpha value is -2.61. The molecular formula is C26H31N3O4S. The number of anilines is 1. The first kappa shape index (κ1) is 23.1. The third kappa shape index (κ3) is 3.76. The van der Waals surface area contributed by atoms with Gasteiger partial charge in [-0.3, -0.25) is 4.79 Å². The molecule has 3 aliphatic rings. The molecule has 34 heavy (non-hydrogen) atoms. The van der Waals surface area contributed by atoms with Crippen LogP contribution in [0.5, 0.6) is 5.75 Å². The number of nitrogens with one attached hydrogen (secondary N) is 1. The second-order valence-electron chi connectivity index (χ2n) is 10.6. The maximum Gasteiger partial charge on any atom is 0.226 e. The van der Waals surface area contributed by atoms with E-state index in [-0.39, 0.29) is 29.6 Å². The van der Waals surface area contributed by atoms with Gasteiger partial charge in [-0.25, -0.2) is 4.98 Å². The zero-order chi connectivity index (χ0) is 24.0. The molecule has 0 bridgehead atoms. The van der Waals surface area contributed by atoms with Crippen molar-refractivity contribution in [2.45, 2.75) is 64.3 Å². The van der Waals surface area contributed by atoms with Gasteiger partial charge in [0.25, 0.3) is 0 Å². The minimum absolute atomic E-state index is 0.0551. The lowest BCUT2D eigenvalue weighted by Crippen LogP contribution is -2.45. The first-order valence-electron chi connectivity index (χ1n) is 12.2. The molecule has 2 N–H and O–H groups in total. The summed E-state index contributed by atoms with van der Waals surface area (Å²) in [6.45, 7) is 4.08. The van der Waals surface area contributed by atoms with Crippen molar-refractivity contribution in [2.75, 3.05) is 5.32 Å². The number of phenolic OH excluding ortho intramolecular Hbond substituents is 1. The third-order valence-corrected chi connectivity index (χ3v) is 9.67. The quantitative estimate of drug-likeness (QED) is 0.434. The minimum Gasteiger partial charge on any atom is -0.508 e. The van der Waals surface area contributed by atoms with E-state index in [0.717, 1.165) is 36.8 Å². The van der Waals surface area contributed by atoms with E-state index in [9.17, 15) is 19.6 Å². The number of nitroso groups, excluding NO2 is 1. The van der Waals surface area contributed by atoms with Crippen molar-refractivity contribution in [1.29, 1.82) is 0 Å². The molecule has 0 spiro atoms. The molecule has 0 aliphatic heterocycles. The minimum atomic E-state index is -0.549. The standard InChI is InChI=1S/C26H31N3O4S/c1-14-12-27-25(34-14)28-22(32)8-7-20-21(13-30)24(29-33)26(2)10-9-18-17-6-4-16(31)11-15(17)3-5-19(18)23(20)26/h4,6,11-13,18-21,23-24,31H,3,5,7-10H2,1-2H3,(H,27,28,32). The van der Waals surface area contributed by atoms with E-state index in [1.165, 1.54) is 22.5 Å². The van der Waals surface area contributed by atoms with Gasteiger partial charge in [-0.1, -0.05) is 18.2 Å². The van der Waals surface area contributed by atoms with Crippen molar-refractivity contribution < 1.29 is 14.7 Å². The van der Waals surface area contributed by atoms with E-state index in [1.807, 2.05) is 19.1 Å². The summed E-state index contributed by atoms with van der Waals surface area (Å²) >= 11 is 1.44. The molecule has 7 atom stereocenters. The van der Waals surface area contributed by atoms with Gasteiger partial charge < -0.3 is 15.2 Å². The third-order valence-electron chi connectivity index (χ3n) is 8.85. The van der Waals surface area contributed by atoms with Crippen molar-refractivity contribution in [3.05, 3.63) is 45.3 Å². The number of hydrogen-bond donors (Lipinski definition) is 2. The number of phenols is 1. The molecule has 7 nitrogen and oxygen atoms in total. The monoisotopic (exact) mass is 481 g/mol. The zero-order valence-electron chi connectivity index (χ0n) is 19.6. The van der Waals surface area contributed by atoms with Gasteiger partial charge in [0.2, 0.25) is 5.91 Å². The molecular weight excluding hydrogens is 450 g/mol. The smallest absolute Gasteiger partial charge is 0.226 e. The molecule has 2 aromatic rings. The summed E-state index contributed by atoms with van der Waals surface area (Å²) in [6, 6.07) is 5.13. The molecule has 2 saturated carbocycles. The summed E-state index contributed by atoms with van der Waals surface area (Å²) < 4.78 is 0. The zero-order valence-corrected chi connectivity index (χ0v) is 20.4. The van der Waals surface area contributed by atoms with Gasteiger partial charge >= 0.3 is 0 Å². The Bertz CT molecular complexity index is 1120. The van der Waals surface area contributed by atoms with E-state index in [4.69, 9.17) is 0 Å². The maximum absolute atomic E-state index is 12.7. The van der Waals surface area contributed by atoms with Crippen molar-refractivity contribution in [2.24, 2.45) is 34.3 Å². The fourth-order valence-electron chi connectivity index (χ4n) is 7.54. The Morgan fingerprint density at radius 2 is 2.21 bits per heavy atom. The number of amides is 1. The molecule has 5 rings (SSSR count). The number of aldehydes is 1. The Kier molecular flexibility index (Phi) is 6.04. The average molecular weight is 482 g/mol. The average Bonchev–Trinajstić information content (AvgIpc) is 3.33. The molecule has 0 saturated heterocycles. The van der Waals surface area contributed by atoms with Crippen LogP contribution in [0.15, 0.2) is 29.6 Å². The Labute approximate surface area is 203 Å². The topological polar surface area (TPSA) is 109 Å². The summed E-state index contributed by atoms with van der Waals surface area (Å²) in [5, 5.41) is 16.9. The number of aromatic nitrogens is 1. The van der Waals surface area contributed by atoms with Crippen LogP contribution < -0.4 is 5.32 Å². The van der Waals surface area contributed by atoms with Crippen LogP contribution in [-0.4, -0.2) is 28.3 Å². The number of carbonyl (C=O) groups is 2. The van der Waals surface area contributed by atoms with Gasteiger partial charge in [-0.15, -0.1) is 11.3 Å². The van der Waals surface area contributed by atoms with E-state index in [1.54, 1.807) is 12.3 Å². The fourth-order valence-corrected chi connectivity index (χ4v) is 8.22. The van der Waals surface area contributed by atoms with Crippen molar-refractivity contribution in [1.82, 2.24) is 4.98 Å². The van der Waals surface area contributed by atoms with E-state index in [2.05, 4.69) is 22.4 Å². The van der Waals surface area contributed by atoms with Crippen LogP contribution in [-0.2, 0) is 16.0 Å². The van der Waals surface area contributed by atoms with Gasteiger partial charge in [0, 0.05) is 23.4 Å². The molecule has 1 amide bonds. The molecule has 1 aromatic carbocycles. The summed E-state index contributed by atoms with van der Waals surface area (Å²) in [5.41, 5.74) is 2.16. The summed E-state index contributed by atoms with van der Waals surface area (Å²) in [4.78, 5) is 42.2. The molecule has 1 aromatic heterocycles. The maximum atomic E-state index is 12.7. The van der Waals surface area contributed by atoms with Gasteiger partial charge in [0.15, 0.2) is 5.13 Å². The summed E-state index contributed by atoms with van der Waals surface area (Å²) in [5.74, 6) is 0.502. The van der Waals surface area contributed by atoms with Crippen molar-refractivity contribution >= 4 is 28.7 Å². The van der Waals surface area contributed by atoms with Gasteiger partial charge in [0.1, 0.15) is 18.1 Å². The number of benzene rings is 1. The van der Waals surface area contributed by atoms with E-state index < -0.39 is 12.0 Å². The van der Waals surface area contributed by atoms with Crippen molar-refractivity contribution in [3.63, 3.8) is 0 Å². The fraction of sp³-hybridized carbons (Fsp3) is 0.577. The molecule has 1 heterocycles. The van der Waals surface area contributed by atoms with Crippen molar-refractivity contribution in [3.8, 4) is 5.75 Å². The van der Waals surface area contributed by atoms with Crippen LogP contribution in [0.3, 0.4) is 0 Å². The highest BCUT2D eigenvalue weighted by atomic mass is 32.1. The number of fused-ring (bicyclic) bond motifs is 5. The highest BCUT2D eigenvalue weighted by Gasteiger charge is 2.63. The van der Waals surface area contributed by atoms with Gasteiger partial charge in [0.05, 0.1) is 0 Å². The highest BCUT2D eigenvalue weighted by Crippen LogP contribution is 2.65. The largest absolute Gasteiger partial charge is 0.508 e. The van der Waals surface area contributed by atoms with Crippen LogP contribution >= 0.6 is 11.3 Å². The lowest BCUT2D eigenvalue weighted by molar-refractivity contribution is -0.117. The highest BCUT2D eigenvalue weighted by molar-refractivity contribution is 7.15. The van der Waals surface area contributed by atoms with Gasteiger partial charge in [-0.05, 0) is 91.4 Å². The number of aryl methyl sites for hydroxylation is 2. The SMILES string of the molecule is Cc1cnc(NC(=O)CCC2C(C=O)C(N=O)C3(C)CCC4c5ccc(O)cc5CCC4C23)s1. The molecule has 2 fully saturated rings. The molecule has 7 unspecified atom stereocenters. The molecule has 180 valence electrons.